The van der Waals surface area contributed by atoms with Crippen molar-refractivity contribution < 1.29 is 24.9 Å². The van der Waals surface area contributed by atoms with Gasteiger partial charge in [-0.1, -0.05) is 91.7 Å². The predicted octanol–water partition coefficient (Wildman–Crippen LogP) is 4.41. The summed E-state index contributed by atoms with van der Waals surface area (Å²) >= 11 is 0. The molecule has 0 saturated heterocycles. The van der Waals surface area contributed by atoms with Gasteiger partial charge in [-0.05, 0) is 67.9 Å². The fourth-order valence-electron chi connectivity index (χ4n) is 7.19. The van der Waals surface area contributed by atoms with Crippen molar-refractivity contribution >= 4 is 11.9 Å². The van der Waals surface area contributed by atoms with Gasteiger partial charge in [0, 0.05) is 43.9 Å². The van der Waals surface area contributed by atoms with Gasteiger partial charge in [-0.25, -0.2) is 4.79 Å². The van der Waals surface area contributed by atoms with Crippen LogP contribution in [0, 0.1) is 11.8 Å². The third-order valence-electron chi connectivity index (χ3n) is 10.5. The van der Waals surface area contributed by atoms with E-state index >= 15 is 0 Å². The zero-order valence-electron chi connectivity index (χ0n) is 34.5. The topological polar surface area (TPSA) is 261 Å². The number of hydrogen-bond acceptors (Lipinski definition) is 12. The first-order valence-corrected chi connectivity index (χ1v) is 19.7. The Morgan fingerprint density at radius 2 is 1.18 bits per heavy atom. The van der Waals surface area contributed by atoms with Gasteiger partial charge in [0.15, 0.2) is 11.6 Å². The lowest BCUT2D eigenvalue weighted by Crippen LogP contribution is -2.37. The number of aromatic amines is 2. The lowest BCUT2D eigenvalue weighted by Gasteiger charge is -2.21. The molecule has 18 nitrogen and oxygen atoms in total. The first-order chi connectivity index (χ1) is 28.6. The van der Waals surface area contributed by atoms with E-state index in [1.54, 1.807) is 39.2 Å². The second-order valence-corrected chi connectivity index (χ2v) is 15.3. The summed E-state index contributed by atoms with van der Waals surface area (Å²) in [6.07, 6.45) is 6.72. The third-order valence-corrected chi connectivity index (χ3v) is 10.5. The Labute approximate surface area is 345 Å². The molecule has 0 bridgehead atoms. The number of pyridine rings is 1. The van der Waals surface area contributed by atoms with Crippen molar-refractivity contribution in [1.29, 1.82) is 0 Å². The molecule has 0 aliphatic heterocycles. The fourth-order valence-corrected chi connectivity index (χ4v) is 7.19. The number of rotatable bonds is 17. The zero-order valence-corrected chi connectivity index (χ0v) is 34.5. The number of aliphatic hydroxyl groups is 1. The van der Waals surface area contributed by atoms with Crippen LogP contribution in [0.15, 0.2) is 82.6 Å². The Bertz CT molecular complexity index is 2420. The lowest BCUT2D eigenvalue weighted by molar-refractivity contribution is -0.144. The van der Waals surface area contributed by atoms with Gasteiger partial charge in [-0.15, -0.1) is 20.4 Å². The monoisotopic (exact) mass is 821 g/mol. The average molecular weight is 822 g/mol. The second-order valence-electron chi connectivity index (χ2n) is 15.3. The zero-order chi connectivity index (χ0) is 43.6. The Morgan fingerprint density at radius 3 is 1.57 bits per heavy atom. The van der Waals surface area contributed by atoms with Crippen molar-refractivity contribution in [2.75, 3.05) is 0 Å². The van der Waals surface area contributed by atoms with Crippen LogP contribution in [0.1, 0.15) is 93.7 Å². The summed E-state index contributed by atoms with van der Waals surface area (Å²) in [5.41, 5.74) is 3.78. The molecule has 6 aromatic rings. The van der Waals surface area contributed by atoms with Gasteiger partial charge in [0.05, 0.1) is 23.1 Å². The number of carboxylic acids is 2. The minimum absolute atomic E-state index is 0.361. The van der Waals surface area contributed by atoms with E-state index in [0.717, 1.165) is 39.7 Å². The van der Waals surface area contributed by atoms with Crippen molar-refractivity contribution in [3.05, 3.63) is 122 Å². The maximum atomic E-state index is 12.5. The summed E-state index contributed by atoms with van der Waals surface area (Å²) in [5, 5.41) is 57.6. The van der Waals surface area contributed by atoms with Crippen LogP contribution in [0.25, 0.3) is 22.3 Å². The molecule has 5 N–H and O–H groups in total. The van der Waals surface area contributed by atoms with Crippen LogP contribution >= 0.6 is 0 Å². The molecule has 0 aliphatic rings. The second kappa shape index (κ2) is 19.8. The van der Waals surface area contributed by atoms with Crippen molar-refractivity contribution in [3.63, 3.8) is 0 Å². The highest BCUT2D eigenvalue weighted by molar-refractivity contribution is 5.72. The molecule has 0 amide bonds. The highest BCUT2D eigenvalue weighted by Crippen LogP contribution is 2.32. The van der Waals surface area contributed by atoms with Gasteiger partial charge in [-0.2, -0.15) is 10.4 Å². The maximum absolute atomic E-state index is 12.5. The van der Waals surface area contributed by atoms with Gasteiger partial charge in [-0.3, -0.25) is 23.9 Å². The summed E-state index contributed by atoms with van der Waals surface area (Å²) in [5.74, 6) is -2.96. The summed E-state index contributed by atoms with van der Waals surface area (Å²) in [6.45, 7) is 7.31. The Balaban J connectivity index is 0.000000228. The van der Waals surface area contributed by atoms with Crippen molar-refractivity contribution in [2.24, 2.45) is 25.9 Å². The number of aryl methyl sites for hydroxylation is 1. The first-order valence-electron chi connectivity index (χ1n) is 19.7. The molecular formula is C42H51N11O7. The van der Waals surface area contributed by atoms with E-state index in [-0.39, 0.29) is 17.2 Å². The summed E-state index contributed by atoms with van der Waals surface area (Å²) in [4.78, 5) is 52.4. The minimum atomic E-state index is -0.980. The largest absolute Gasteiger partial charge is 0.481 e. The molecule has 0 aliphatic carbocycles. The third kappa shape index (κ3) is 10.9. The van der Waals surface area contributed by atoms with Gasteiger partial charge in [0.25, 0.3) is 5.56 Å². The first kappa shape index (κ1) is 44.4. The van der Waals surface area contributed by atoms with E-state index in [4.69, 9.17) is 0 Å². The quantitative estimate of drug-likeness (QED) is 0.0854. The number of hydrogen-bond donors (Lipinski definition) is 5. The van der Waals surface area contributed by atoms with E-state index in [1.165, 1.54) is 17.8 Å². The molecule has 316 valence electrons. The summed E-state index contributed by atoms with van der Waals surface area (Å²) < 4.78 is 2.43. The van der Waals surface area contributed by atoms with Crippen molar-refractivity contribution in [1.82, 2.24) is 55.4 Å². The van der Waals surface area contributed by atoms with Crippen LogP contribution in [0.2, 0.25) is 0 Å². The molecular weight excluding hydrogens is 771 g/mol. The Hall–Kier alpha value is -6.69. The van der Waals surface area contributed by atoms with E-state index in [1.807, 2.05) is 62.4 Å². The van der Waals surface area contributed by atoms with Gasteiger partial charge in [0.1, 0.15) is 5.60 Å². The molecule has 6 rings (SSSR count). The van der Waals surface area contributed by atoms with Gasteiger partial charge in [0.2, 0.25) is 0 Å². The summed E-state index contributed by atoms with van der Waals surface area (Å²) in [7, 11) is 3.03. The minimum Gasteiger partial charge on any atom is -0.481 e. The number of aromatic nitrogens is 11. The fraction of sp³-hybridized carbons (Fsp3) is 0.405. The van der Waals surface area contributed by atoms with Crippen LogP contribution < -0.4 is 11.2 Å². The van der Waals surface area contributed by atoms with Crippen LogP contribution in [0.4, 0.5) is 0 Å². The average Bonchev–Trinajstić information content (AvgIpc) is 3.98. The SMILES string of the molecule is CCC[C@H](C(=O)O)[C@H](Cc1ccc(-c2ccc(C(C)(C)O)nc2)cc1)c1nn[nH]n1.CCC[C@H](C(=O)O)[C@H](Cc1ccc(-c2cn(C)c(=O)n(C)c2=O)cc1)c1nn[nH]n1. The van der Waals surface area contributed by atoms with Crippen LogP contribution in [0.3, 0.4) is 0 Å². The molecule has 4 heterocycles. The number of carboxylic acid groups (broad SMARTS) is 2. The van der Waals surface area contributed by atoms with E-state index in [9.17, 15) is 34.5 Å². The molecule has 2 aromatic carbocycles. The van der Waals surface area contributed by atoms with E-state index in [2.05, 4.69) is 46.2 Å². The van der Waals surface area contributed by atoms with E-state index < -0.39 is 35.3 Å². The normalized spacial score (nSPS) is 13.4. The lowest BCUT2D eigenvalue weighted by atomic mass is 9.83. The number of carbonyl (C=O) groups is 2. The van der Waals surface area contributed by atoms with Gasteiger partial charge < -0.3 is 19.9 Å². The number of tetrazole rings is 2. The molecule has 0 saturated carbocycles. The molecule has 4 atom stereocenters. The van der Waals surface area contributed by atoms with E-state index in [0.29, 0.717) is 54.2 Å². The maximum Gasteiger partial charge on any atom is 0.330 e. The molecule has 4 aromatic heterocycles. The number of H-pyrrole nitrogens is 2. The standard InChI is InChI=1S/C22H27N5O3.C20H24N6O4/c1-4-5-17(21(28)29)18(20-24-26-27-25-20)12-14-6-8-15(9-7-14)16-10-11-19(23-13-16)22(2,3)30;1-4-5-14(19(28)29)15(17-21-23-24-22-17)10-12-6-8-13(9-7-12)16-11-25(2)20(30)26(3)18(16)27/h6-11,13,17-18,30H,4-5,12H2,1-3H3,(H,28,29)(H,24,25,26,27);6-9,11,14-15H,4-5,10H2,1-3H3,(H,28,29)(H,21,22,23,24)/t17-,18-;14-,15-/m00/s1. The number of aliphatic carboxylic acids is 2. The Kier molecular flexibility index (Phi) is 14.7. The van der Waals surface area contributed by atoms with Crippen LogP contribution in [-0.2, 0) is 42.1 Å². The molecule has 0 spiro atoms. The van der Waals surface area contributed by atoms with Crippen molar-refractivity contribution in [2.45, 2.75) is 83.7 Å². The van der Waals surface area contributed by atoms with Crippen LogP contribution in [0.5, 0.6) is 0 Å². The van der Waals surface area contributed by atoms with Gasteiger partial charge >= 0.3 is 17.6 Å². The van der Waals surface area contributed by atoms with Crippen LogP contribution in [-0.4, -0.2) is 82.6 Å². The highest BCUT2D eigenvalue weighted by Gasteiger charge is 2.33. The Morgan fingerprint density at radius 1 is 0.717 bits per heavy atom. The summed E-state index contributed by atoms with van der Waals surface area (Å²) in [6, 6.07) is 19.0. The number of nitrogens with zero attached hydrogens (tertiary/aromatic N) is 9. The predicted molar refractivity (Wildman–Crippen MR) is 221 cm³/mol. The highest BCUT2D eigenvalue weighted by atomic mass is 16.4. The molecule has 60 heavy (non-hydrogen) atoms. The molecule has 0 unspecified atom stereocenters. The number of nitrogens with one attached hydrogen (secondary N) is 2. The number of benzene rings is 2. The molecule has 0 fully saturated rings. The van der Waals surface area contributed by atoms with Crippen molar-refractivity contribution in [3.8, 4) is 22.3 Å². The molecule has 18 heteroatoms. The smallest absolute Gasteiger partial charge is 0.330 e. The molecule has 0 radical (unpaired) electrons.